The van der Waals surface area contributed by atoms with E-state index in [9.17, 15) is 0 Å². The van der Waals surface area contributed by atoms with Crippen molar-refractivity contribution in [3.63, 3.8) is 0 Å². The fraction of sp³-hybridized carbons (Fsp3) is 0.571. The van der Waals surface area contributed by atoms with Gasteiger partial charge >= 0.3 is 0 Å². The molecule has 0 amide bonds. The smallest absolute Gasteiger partial charge is 0.119 e. The van der Waals surface area contributed by atoms with E-state index in [0.717, 1.165) is 37.9 Å². The van der Waals surface area contributed by atoms with Crippen LogP contribution in [0.3, 0.4) is 0 Å². The predicted octanol–water partition coefficient (Wildman–Crippen LogP) is 3.21. The van der Waals surface area contributed by atoms with Crippen LogP contribution in [0.5, 0.6) is 5.75 Å². The van der Waals surface area contributed by atoms with Crippen LogP contribution in [0.25, 0.3) is 0 Å². The summed E-state index contributed by atoms with van der Waals surface area (Å²) in [5, 5.41) is 0. The summed E-state index contributed by atoms with van der Waals surface area (Å²) >= 11 is 0. The maximum Gasteiger partial charge on any atom is 0.119 e. The molecule has 3 fully saturated rings. The zero-order valence-electron chi connectivity index (χ0n) is 15.9. The molecule has 1 aromatic carbocycles. The highest BCUT2D eigenvalue weighted by Gasteiger charge is 2.34. The van der Waals surface area contributed by atoms with E-state index in [1.54, 1.807) is 0 Å². The molecule has 0 aliphatic carbocycles. The monoisotopic (exact) mass is 354 g/mol. The second-order valence-corrected chi connectivity index (χ2v) is 7.77. The summed E-state index contributed by atoms with van der Waals surface area (Å²) in [7, 11) is 0. The number of aromatic nitrogens is 2. The normalized spacial score (nSPS) is 23.9. The van der Waals surface area contributed by atoms with E-state index < -0.39 is 0 Å². The number of H-pyrrole nitrogens is 1. The number of nitrogens with zero attached hydrogens (tertiary/aromatic N) is 3. The predicted molar refractivity (Wildman–Crippen MR) is 103 cm³/mol. The van der Waals surface area contributed by atoms with Crippen molar-refractivity contribution in [1.82, 2.24) is 19.8 Å². The highest BCUT2D eigenvalue weighted by molar-refractivity contribution is 5.27. The van der Waals surface area contributed by atoms with Gasteiger partial charge in [0.2, 0.25) is 0 Å². The molecule has 3 aliphatic heterocycles. The number of ether oxygens (including phenoxy) is 1. The van der Waals surface area contributed by atoms with Crippen LogP contribution in [-0.2, 0) is 13.1 Å². The van der Waals surface area contributed by atoms with Crippen molar-refractivity contribution in [3.05, 3.63) is 47.5 Å². The number of rotatable bonds is 6. The lowest BCUT2D eigenvalue weighted by Gasteiger charge is -2.36. The molecule has 0 spiro atoms. The Labute approximate surface area is 156 Å². The van der Waals surface area contributed by atoms with E-state index in [0.29, 0.717) is 6.04 Å². The van der Waals surface area contributed by atoms with E-state index >= 15 is 0 Å². The molecule has 1 N–H and O–H groups in total. The molecule has 26 heavy (non-hydrogen) atoms. The maximum absolute atomic E-state index is 5.57. The number of aryl methyl sites for hydroxylation is 1. The van der Waals surface area contributed by atoms with Crippen LogP contribution in [0.4, 0.5) is 0 Å². The van der Waals surface area contributed by atoms with E-state index in [1.165, 1.54) is 42.9 Å². The van der Waals surface area contributed by atoms with Crippen LogP contribution >= 0.6 is 0 Å². The first kappa shape index (κ1) is 17.6. The Hall–Kier alpha value is -1.85. The Balaban J connectivity index is 1.40. The van der Waals surface area contributed by atoms with Crippen LogP contribution in [0, 0.1) is 12.8 Å². The summed E-state index contributed by atoms with van der Waals surface area (Å²) in [6.07, 6.45) is 4.49. The lowest BCUT2D eigenvalue weighted by atomic mass is 9.94. The average molecular weight is 354 g/mol. The van der Waals surface area contributed by atoms with Crippen molar-refractivity contribution in [2.24, 2.45) is 5.92 Å². The van der Waals surface area contributed by atoms with Gasteiger partial charge < -0.3 is 9.72 Å². The molecule has 1 aromatic heterocycles. The second kappa shape index (κ2) is 7.80. The fourth-order valence-electron chi connectivity index (χ4n) is 4.45. The standard InChI is InChI=1S/C21H30N4O/c1-3-26-20-8-5-17(6-9-20)11-25-12-18-4-7-19(25)13-24(10-18)14-21-16(2)22-15-23-21/h5-6,8-9,15,18-19H,3-4,7,10-14H2,1-2H3,(H,22,23)/t18-,19+/m1/s1. The summed E-state index contributed by atoms with van der Waals surface area (Å²) < 4.78 is 5.57. The Morgan fingerprint density at radius 3 is 2.69 bits per heavy atom. The molecule has 0 unspecified atom stereocenters. The molecule has 2 atom stereocenters. The minimum Gasteiger partial charge on any atom is -0.494 e. The summed E-state index contributed by atoms with van der Waals surface area (Å²) in [6, 6.07) is 9.28. The number of imidazole rings is 1. The van der Waals surface area contributed by atoms with Crippen LogP contribution in [-0.4, -0.2) is 52.1 Å². The van der Waals surface area contributed by atoms with Crippen molar-refractivity contribution in [3.8, 4) is 5.75 Å². The van der Waals surface area contributed by atoms with Crippen LogP contribution in [0.1, 0.15) is 36.7 Å². The van der Waals surface area contributed by atoms with Gasteiger partial charge in [0.25, 0.3) is 0 Å². The van der Waals surface area contributed by atoms with Gasteiger partial charge in [-0.2, -0.15) is 0 Å². The average Bonchev–Trinajstić information content (AvgIpc) is 2.85. The first-order chi connectivity index (χ1) is 12.7. The first-order valence-corrected chi connectivity index (χ1v) is 9.88. The number of aromatic amines is 1. The molecule has 0 saturated carbocycles. The van der Waals surface area contributed by atoms with Crippen molar-refractivity contribution < 1.29 is 4.74 Å². The Bertz CT molecular complexity index is 711. The fourth-order valence-corrected chi connectivity index (χ4v) is 4.45. The number of benzene rings is 1. The lowest BCUT2D eigenvalue weighted by molar-refractivity contribution is 0.123. The maximum atomic E-state index is 5.57. The molecule has 5 rings (SSSR count). The van der Waals surface area contributed by atoms with Gasteiger partial charge in [-0.25, -0.2) is 4.98 Å². The SMILES string of the molecule is CCOc1ccc(CN2C[C@@H]3CC[C@H]2CN(Cc2nc[nH]c2C)C3)cc1. The molecule has 5 nitrogen and oxygen atoms in total. The minimum atomic E-state index is 0.652. The number of piperidine rings is 1. The lowest BCUT2D eigenvalue weighted by Crippen LogP contribution is -2.43. The molecule has 2 aromatic rings. The molecular formula is C21H30N4O. The highest BCUT2D eigenvalue weighted by Crippen LogP contribution is 2.30. The topological polar surface area (TPSA) is 44.4 Å². The van der Waals surface area contributed by atoms with Gasteiger partial charge in [-0.15, -0.1) is 0 Å². The van der Waals surface area contributed by atoms with Gasteiger partial charge in [0, 0.05) is 44.5 Å². The third-order valence-electron chi connectivity index (χ3n) is 5.83. The molecule has 3 saturated heterocycles. The van der Waals surface area contributed by atoms with Crippen molar-refractivity contribution in [1.29, 1.82) is 0 Å². The summed E-state index contributed by atoms with van der Waals surface area (Å²) in [5.74, 6) is 1.74. The summed E-state index contributed by atoms with van der Waals surface area (Å²) in [4.78, 5) is 13.0. The summed E-state index contributed by atoms with van der Waals surface area (Å²) in [6.45, 7) is 10.4. The van der Waals surface area contributed by atoms with Crippen molar-refractivity contribution in [2.75, 3.05) is 26.2 Å². The van der Waals surface area contributed by atoms with E-state index in [1.807, 2.05) is 13.3 Å². The minimum absolute atomic E-state index is 0.652. The van der Waals surface area contributed by atoms with E-state index in [2.05, 4.69) is 51.0 Å². The van der Waals surface area contributed by atoms with Crippen LogP contribution in [0.2, 0.25) is 0 Å². The quantitative estimate of drug-likeness (QED) is 0.865. The molecule has 4 heterocycles. The number of nitrogens with one attached hydrogen (secondary N) is 1. The van der Waals surface area contributed by atoms with Gasteiger partial charge in [0.05, 0.1) is 18.6 Å². The molecular weight excluding hydrogens is 324 g/mol. The van der Waals surface area contributed by atoms with Crippen molar-refractivity contribution >= 4 is 0 Å². The van der Waals surface area contributed by atoms with Gasteiger partial charge in [-0.1, -0.05) is 12.1 Å². The zero-order valence-corrected chi connectivity index (χ0v) is 15.9. The third-order valence-corrected chi connectivity index (χ3v) is 5.83. The van der Waals surface area contributed by atoms with Crippen LogP contribution in [0.15, 0.2) is 30.6 Å². The van der Waals surface area contributed by atoms with E-state index in [4.69, 9.17) is 4.74 Å². The largest absolute Gasteiger partial charge is 0.494 e. The second-order valence-electron chi connectivity index (χ2n) is 7.77. The van der Waals surface area contributed by atoms with Gasteiger partial charge in [0.15, 0.2) is 0 Å². The van der Waals surface area contributed by atoms with Gasteiger partial charge in [-0.3, -0.25) is 9.80 Å². The molecule has 5 heteroatoms. The highest BCUT2D eigenvalue weighted by atomic mass is 16.5. The van der Waals surface area contributed by atoms with Crippen LogP contribution < -0.4 is 4.74 Å². The number of hydrogen-bond acceptors (Lipinski definition) is 4. The number of fused-ring (bicyclic) bond motifs is 4. The molecule has 2 bridgehead atoms. The van der Waals surface area contributed by atoms with Gasteiger partial charge in [0.1, 0.15) is 5.75 Å². The Kier molecular flexibility index (Phi) is 5.27. The number of hydrogen-bond donors (Lipinski definition) is 1. The molecule has 0 radical (unpaired) electrons. The summed E-state index contributed by atoms with van der Waals surface area (Å²) in [5.41, 5.74) is 3.79. The first-order valence-electron chi connectivity index (χ1n) is 9.88. The van der Waals surface area contributed by atoms with E-state index in [-0.39, 0.29) is 0 Å². The van der Waals surface area contributed by atoms with Gasteiger partial charge in [-0.05, 0) is 50.3 Å². The Morgan fingerprint density at radius 2 is 1.96 bits per heavy atom. The zero-order chi connectivity index (χ0) is 17.9. The third kappa shape index (κ3) is 3.94. The molecule has 140 valence electrons. The Morgan fingerprint density at radius 1 is 1.12 bits per heavy atom. The molecule has 3 aliphatic rings. The van der Waals surface area contributed by atoms with Crippen molar-refractivity contribution in [2.45, 2.75) is 45.8 Å².